The van der Waals surface area contributed by atoms with Gasteiger partial charge in [-0.25, -0.2) is 0 Å². The summed E-state index contributed by atoms with van der Waals surface area (Å²) in [5.41, 5.74) is 1.29. The van der Waals surface area contributed by atoms with Gasteiger partial charge in [0, 0.05) is 24.7 Å². The highest BCUT2D eigenvalue weighted by Crippen LogP contribution is 2.29. The molecule has 3 rings (SSSR count). The summed E-state index contributed by atoms with van der Waals surface area (Å²) < 4.78 is 5.58. The van der Waals surface area contributed by atoms with Crippen LogP contribution in [0.3, 0.4) is 0 Å². The second-order valence-electron chi connectivity index (χ2n) is 5.96. The summed E-state index contributed by atoms with van der Waals surface area (Å²) in [6.07, 6.45) is 2.59. The highest BCUT2D eigenvalue weighted by molar-refractivity contribution is 5.87. The number of fused-ring (bicyclic) bond motifs is 1. The largest absolute Gasteiger partial charge is 0.496 e. The Morgan fingerprint density at radius 1 is 1.24 bits per heavy atom. The maximum atomic E-state index is 5.58. The van der Waals surface area contributed by atoms with Gasteiger partial charge in [-0.15, -0.1) is 0 Å². The van der Waals surface area contributed by atoms with Crippen molar-refractivity contribution in [2.24, 2.45) is 0 Å². The first-order chi connectivity index (χ1) is 10.3. The van der Waals surface area contributed by atoms with Crippen LogP contribution in [-0.2, 0) is 6.54 Å². The highest BCUT2D eigenvalue weighted by Gasteiger charge is 2.17. The van der Waals surface area contributed by atoms with E-state index < -0.39 is 0 Å². The van der Waals surface area contributed by atoms with E-state index in [0.29, 0.717) is 6.04 Å². The van der Waals surface area contributed by atoms with Crippen LogP contribution in [0.5, 0.6) is 5.75 Å². The molecule has 1 N–H and O–H groups in total. The Labute approximate surface area is 126 Å². The number of nitrogens with zero attached hydrogens (tertiary/aromatic N) is 1. The molecule has 0 saturated carbocycles. The van der Waals surface area contributed by atoms with E-state index in [9.17, 15) is 0 Å². The van der Waals surface area contributed by atoms with Crippen molar-refractivity contribution < 1.29 is 4.74 Å². The van der Waals surface area contributed by atoms with Crippen LogP contribution in [0.2, 0.25) is 0 Å². The van der Waals surface area contributed by atoms with Crippen LogP contribution in [0, 0.1) is 0 Å². The highest BCUT2D eigenvalue weighted by atomic mass is 16.5. The van der Waals surface area contributed by atoms with Gasteiger partial charge in [-0.05, 0) is 43.3 Å². The first-order valence-electron chi connectivity index (χ1n) is 7.74. The monoisotopic (exact) mass is 284 g/mol. The summed E-state index contributed by atoms with van der Waals surface area (Å²) in [5, 5.41) is 6.14. The number of rotatable bonds is 5. The van der Waals surface area contributed by atoms with Gasteiger partial charge in [0.1, 0.15) is 5.75 Å². The quantitative estimate of drug-likeness (QED) is 0.913. The van der Waals surface area contributed by atoms with E-state index in [1.54, 1.807) is 7.11 Å². The van der Waals surface area contributed by atoms with Crippen molar-refractivity contribution in [2.45, 2.75) is 25.4 Å². The third-order valence-corrected chi connectivity index (χ3v) is 4.34. The molecule has 0 aromatic heterocycles. The molecule has 1 aliphatic rings. The molecule has 0 spiro atoms. The van der Waals surface area contributed by atoms with Crippen LogP contribution in [-0.4, -0.2) is 38.2 Å². The van der Waals surface area contributed by atoms with E-state index in [2.05, 4.69) is 53.7 Å². The molecule has 1 atom stereocenters. The summed E-state index contributed by atoms with van der Waals surface area (Å²) in [6.45, 7) is 3.17. The average Bonchev–Trinajstić information content (AvgIpc) is 3.00. The standard InChI is InChI=1S/C18H24N2O/c1-20(12-15-7-5-11-19-15)13-17-16-8-4-3-6-14(16)9-10-18(17)21-2/h3-4,6,8-10,15,19H,5,7,11-13H2,1-2H3. The zero-order valence-electron chi connectivity index (χ0n) is 12.9. The molecule has 1 fully saturated rings. The molecule has 21 heavy (non-hydrogen) atoms. The van der Waals surface area contributed by atoms with Crippen LogP contribution in [0.15, 0.2) is 36.4 Å². The summed E-state index contributed by atoms with van der Waals surface area (Å²) in [4.78, 5) is 2.40. The number of hydrogen-bond acceptors (Lipinski definition) is 3. The predicted molar refractivity (Wildman–Crippen MR) is 87.9 cm³/mol. The molecule has 1 heterocycles. The topological polar surface area (TPSA) is 24.5 Å². The number of ether oxygens (including phenoxy) is 1. The molecule has 0 amide bonds. The van der Waals surface area contributed by atoms with Crippen molar-refractivity contribution in [1.29, 1.82) is 0 Å². The average molecular weight is 284 g/mol. The van der Waals surface area contributed by atoms with Crippen LogP contribution in [0.4, 0.5) is 0 Å². The molecule has 112 valence electrons. The van der Waals surface area contributed by atoms with Gasteiger partial charge in [-0.2, -0.15) is 0 Å². The van der Waals surface area contributed by atoms with E-state index in [1.165, 1.54) is 29.2 Å². The molecule has 0 bridgehead atoms. The molecule has 1 saturated heterocycles. The third-order valence-electron chi connectivity index (χ3n) is 4.34. The number of methoxy groups -OCH3 is 1. The molecule has 0 aliphatic carbocycles. The number of likely N-dealkylation sites (N-methyl/N-ethyl adjacent to an activating group) is 1. The normalized spacial score (nSPS) is 18.5. The smallest absolute Gasteiger partial charge is 0.123 e. The molecule has 0 radical (unpaired) electrons. The minimum absolute atomic E-state index is 0.635. The summed E-state index contributed by atoms with van der Waals surface area (Å²) >= 11 is 0. The zero-order valence-corrected chi connectivity index (χ0v) is 12.9. The Kier molecular flexibility index (Phi) is 4.42. The predicted octanol–water partition coefficient (Wildman–Crippen LogP) is 3.03. The number of nitrogens with one attached hydrogen (secondary N) is 1. The summed E-state index contributed by atoms with van der Waals surface area (Å²) in [6, 6.07) is 13.4. The van der Waals surface area contributed by atoms with Crippen LogP contribution >= 0.6 is 0 Å². The lowest BCUT2D eigenvalue weighted by atomic mass is 10.0. The second kappa shape index (κ2) is 6.46. The van der Waals surface area contributed by atoms with E-state index in [4.69, 9.17) is 4.74 Å². The first kappa shape index (κ1) is 14.4. The molecular weight excluding hydrogens is 260 g/mol. The lowest BCUT2D eigenvalue weighted by Gasteiger charge is -2.23. The number of benzene rings is 2. The van der Waals surface area contributed by atoms with Gasteiger partial charge in [0.05, 0.1) is 7.11 Å². The molecule has 2 aromatic carbocycles. The van der Waals surface area contributed by atoms with Crippen LogP contribution < -0.4 is 10.1 Å². The molecule has 1 unspecified atom stereocenters. The van der Waals surface area contributed by atoms with Crippen LogP contribution in [0.25, 0.3) is 10.8 Å². The van der Waals surface area contributed by atoms with Crippen molar-refractivity contribution in [3.63, 3.8) is 0 Å². The minimum atomic E-state index is 0.635. The van der Waals surface area contributed by atoms with Gasteiger partial charge in [0.25, 0.3) is 0 Å². The molecule has 2 aromatic rings. The maximum absolute atomic E-state index is 5.58. The Hall–Kier alpha value is -1.58. The Balaban J connectivity index is 1.84. The first-order valence-corrected chi connectivity index (χ1v) is 7.74. The fourth-order valence-corrected chi connectivity index (χ4v) is 3.29. The van der Waals surface area contributed by atoms with Crippen molar-refractivity contribution in [3.8, 4) is 5.75 Å². The van der Waals surface area contributed by atoms with E-state index in [0.717, 1.165) is 25.4 Å². The zero-order chi connectivity index (χ0) is 14.7. The lowest BCUT2D eigenvalue weighted by Crippen LogP contribution is -2.35. The maximum Gasteiger partial charge on any atom is 0.123 e. The Bertz CT molecular complexity index is 605. The second-order valence-corrected chi connectivity index (χ2v) is 5.96. The van der Waals surface area contributed by atoms with Gasteiger partial charge in [-0.3, -0.25) is 0 Å². The molecule has 3 heteroatoms. The fourth-order valence-electron chi connectivity index (χ4n) is 3.29. The van der Waals surface area contributed by atoms with Gasteiger partial charge in [0.2, 0.25) is 0 Å². The van der Waals surface area contributed by atoms with Crippen molar-refractivity contribution in [2.75, 3.05) is 27.2 Å². The van der Waals surface area contributed by atoms with Gasteiger partial charge < -0.3 is 15.0 Å². The number of hydrogen-bond donors (Lipinski definition) is 1. The Morgan fingerprint density at radius 2 is 2.10 bits per heavy atom. The lowest BCUT2D eigenvalue weighted by molar-refractivity contribution is 0.288. The van der Waals surface area contributed by atoms with Crippen molar-refractivity contribution in [3.05, 3.63) is 42.0 Å². The molecular formula is C18H24N2O. The summed E-state index contributed by atoms with van der Waals surface area (Å²) in [5.74, 6) is 0.986. The third kappa shape index (κ3) is 3.20. The van der Waals surface area contributed by atoms with Crippen molar-refractivity contribution in [1.82, 2.24) is 10.2 Å². The fraction of sp³-hybridized carbons (Fsp3) is 0.444. The molecule has 3 nitrogen and oxygen atoms in total. The van der Waals surface area contributed by atoms with Gasteiger partial charge in [0.15, 0.2) is 0 Å². The minimum Gasteiger partial charge on any atom is -0.496 e. The summed E-state index contributed by atoms with van der Waals surface area (Å²) in [7, 11) is 3.95. The Morgan fingerprint density at radius 3 is 2.86 bits per heavy atom. The van der Waals surface area contributed by atoms with Gasteiger partial charge >= 0.3 is 0 Å². The van der Waals surface area contributed by atoms with Crippen LogP contribution in [0.1, 0.15) is 18.4 Å². The van der Waals surface area contributed by atoms with Crippen molar-refractivity contribution >= 4 is 10.8 Å². The molecule has 1 aliphatic heterocycles. The van der Waals surface area contributed by atoms with E-state index in [-0.39, 0.29) is 0 Å². The van der Waals surface area contributed by atoms with E-state index in [1.807, 2.05) is 0 Å². The van der Waals surface area contributed by atoms with Gasteiger partial charge in [-0.1, -0.05) is 30.3 Å². The SMILES string of the molecule is COc1ccc2ccccc2c1CN(C)CC1CCCN1. The van der Waals surface area contributed by atoms with E-state index >= 15 is 0 Å².